The predicted octanol–water partition coefficient (Wildman–Crippen LogP) is 3.73. The summed E-state index contributed by atoms with van der Waals surface area (Å²) >= 11 is 0. The van der Waals surface area contributed by atoms with Crippen molar-refractivity contribution in [1.82, 2.24) is 5.32 Å². The first-order valence-electron chi connectivity index (χ1n) is 7.59. The maximum absolute atomic E-state index is 5.67. The van der Waals surface area contributed by atoms with Gasteiger partial charge in [-0.05, 0) is 30.9 Å². The topological polar surface area (TPSA) is 34.4 Å². The zero-order valence-corrected chi connectivity index (χ0v) is 12.3. The highest BCUT2D eigenvalue weighted by atomic mass is 16.5. The van der Waals surface area contributed by atoms with Crippen LogP contribution in [0.5, 0.6) is 0 Å². The standard InChI is InChI=1S/C16H27NO2/c1-13(2)9-17-10-15-8-16(19-11-15)12-18-7-6-14-4-3-5-14/h8,11,13-14,17H,3-7,9-10,12H2,1-2H3. The van der Waals surface area contributed by atoms with Crippen molar-refractivity contribution in [2.75, 3.05) is 13.2 Å². The summed E-state index contributed by atoms with van der Waals surface area (Å²) in [7, 11) is 0. The van der Waals surface area contributed by atoms with Gasteiger partial charge < -0.3 is 14.5 Å². The van der Waals surface area contributed by atoms with E-state index in [0.717, 1.165) is 31.4 Å². The first-order valence-corrected chi connectivity index (χ1v) is 7.59. The highest BCUT2D eigenvalue weighted by molar-refractivity contribution is 5.11. The first-order chi connectivity index (χ1) is 9.24. The van der Waals surface area contributed by atoms with Crippen LogP contribution < -0.4 is 5.32 Å². The van der Waals surface area contributed by atoms with Gasteiger partial charge in [-0.25, -0.2) is 0 Å². The number of furan rings is 1. The van der Waals surface area contributed by atoms with Gasteiger partial charge in [0.1, 0.15) is 12.4 Å². The fourth-order valence-electron chi connectivity index (χ4n) is 2.30. The highest BCUT2D eigenvalue weighted by Crippen LogP contribution is 2.29. The molecule has 0 aromatic carbocycles. The molecule has 1 heterocycles. The molecule has 0 saturated heterocycles. The maximum atomic E-state index is 5.67. The lowest BCUT2D eigenvalue weighted by Gasteiger charge is -2.24. The van der Waals surface area contributed by atoms with Gasteiger partial charge in [0.05, 0.1) is 6.26 Å². The van der Waals surface area contributed by atoms with E-state index in [1.54, 1.807) is 0 Å². The van der Waals surface area contributed by atoms with Crippen molar-refractivity contribution in [3.05, 3.63) is 23.7 Å². The smallest absolute Gasteiger partial charge is 0.129 e. The molecule has 1 aliphatic carbocycles. The fraction of sp³-hybridized carbons (Fsp3) is 0.750. The minimum atomic E-state index is 0.608. The predicted molar refractivity (Wildman–Crippen MR) is 76.9 cm³/mol. The Balaban J connectivity index is 1.57. The Bertz CT molecular complexity index is 355. The molecule has 1 fully saturated rings. The van der Waals surface area contributed by atoms with Crippen molar-refractivity contribution in [3.8, 4) is 0 Å². The Morgan fingerprint density at radius 2 is 2.26 bits per heavy atom. The summed E-state index contributed by atoms with van der Waals surface area (Å²) in [5.74, 6) is 2.54. The van der Waals surface area contributed by atoms with Gasteiger partial charge in [-0.15, -0.1) is 0 Å². The van der Waals surface area contributed by atoms with E-state index in [1.807, 2.05) is 6.26 Å². The van der Waals surface area contributed by atoms with Crippen molar-refractivity contribution in [2.45, 2.75) is 52.7 Å². The van der Waals surface area contributed by atoms with Crippen LogP contribution in [0.3, 0.4) is 0 Å². The highest BCUT2D eigenvalue weighted by Gasteiger charge is 2.16. The molecule has 0 spiro atoms. The van der Waals surface area contributed by atoms with Crippen molar-refractivity contribution in [1.29, 1.82) is 0 Å². The monoisotopic (exact) mass is 265 g/mol. The SMILES string of the molecule is CC(C)CNCc1coc(COCCC2CCC2)c1. The quantitative estimate of drug-likeness (QED) is 0.691. The van der Waals surface area contributed by atoms with Crippen LogP contribution in [0.15, 0.2) is 16.7 Å². The summed E-state index contributed by atoms with van der Waals surface area (Å²) in [5.41, 5.74) is 1.21. The molecule has 3 heteroatoms. The first kappa shape index (κ1) is 14.6. The van der Waals surface area contributed by atoms with E-state index in [1.165, 1.54) is 31.2 Å². The Morgan fingerprint density at radius 1 is 1.42 bits per heavy atom. The third-order valence-corrected chi connectivity index (χ3v) is 3.73. The number of hydrogen-bond donors (Lipinski definition) is 1. The summed E-state index contributed by atoms with van der Waals surface area (Å²) in [6.45, 7) is 7.82. The number of hydrogen-bond acceptors (Lipinski definition) is 3. The van der Waals surface area contributed by atoms with Crippen LogP contribution in [0.1, 0.15) is 50.9 Å². The average molecular weight is 265 g/mol. The molecule has 2 rings (SSSR count). The van der Waals surface area contributed by atoms with Crippen LogP contribution in [0, 0.1) is 11.8 Å². The zero-order valence-electron chi connectivity index (χ0n) is 12.3. The molecule has 1 aromatic rings. The van der Waals surface area contributed by atoms with E-state index in [0.29, 0.717) is 12.5 Å². The van der Waals surface area contributed by atoms with Gasteiger partial charge in [0, 0.05) is 18.7 Å². The molecule has 1 aromatic heterocycles. The second-order valence-corrected chi connectivity index (χ2v) is 6.08. The molecule has 0 atom stereocenters. The Hall–Kier alpha value is -0.800. The van der Waals surface area contributed by atoms with E-state index >= 15 is 0 Å². The van der Waals surface area contributed by atoms with Crippen LogP contribution >= 0.6 is 0 Å². The summed E-state index contributed by atoms with van der Waals surface area (Å²) in [6.07, 6.45) is 7.25. The van der Waals surface area contributed by atoms with Crippen LogP contribution in [0.2, 0.25) is 0 Å². The van der Waals surface area contributed by atoms with E-state index < -0.39 is 0 Å². The molecule has 1 aliphatic rings. The second kappa shape index (κ2) is 7.71. The van der Waals surface area contributed by atoms with Crippen LogP contribution in [0.4, 0.5) is 0 Å². The summed E-state index contributed by atoms with van der Waals surface area (Å²) in [4.78, 5) is 0. The molecule has 19 heavy (non-hydrogen) atoms. The van der Waals surface area contributed by atoms with Gasteiger partial charge in [-0.2, -0.15) is 0 Å². The van der Waals surface area contributed by atoms with E-state index in [9.17, 15) is 0 Å². The normalized spacial score (nSPS) is 15.9. The number of rotatable bonds is 9. The minimum absolute atomic E-state index is 0.608. The molecular weight excluding hydrogens is 238 g/mol. The van der Waals surface area contributed by atoms with Gasteiger partial charge in [0.15, 0.2) is 0 Å². The average Bonchev–Trinajstić information content (AvgIpc) is 2.74. The maximum Gasteiger partial charge on any atom is 0.129 e. The van der Waals surface area contributed by atoms with Gasteiger partial charge in [0.25, 0.3) is 0 Å². The zero-order chi connectivity index (χ0) is 13.5. The lowest BCUT2D eigenvalue weighted by molar-refractivity contribution is 0.0836. The largest absolute Gasteiger partial charge is 0.467 e. The van der Waals surface area contributed by atoms with Gasteiger partial charge in [0.2, 0.25) is 0 Å². The van der Waals surface area contributed by atoms with Crippen molar-refractivity contribution in [3.63, 3.8) is 0 Å². The van der Waals surface area contributed by atoms with E-state index in [2.05, 4.69) is 25.2 Å². The molecule has 3 nitrogen and oxygen atoms in total. The third-order valence-electron chi connectivity index (χ3n) is 3.73. The fourth-order valence-corrected chi connectivity index (χ4v) is 2.30. The Kier molecular flexibility index (Phi) is 5.93. The number of ether oxygens (including phenoxy) is 1. The molecule has 0 radical (unpaired) electrons. The lowest BCUT2D eigenvalue weighted by Crippen LogP contribution is -2.18. The molecule has 108 valence electrons. The molecule has 1 N–H and O–H groups in total. The summed E-state index contributed by atoms with van der Waals surface area (Å²) in [5, 5.41) is 3.41. The van der Waals surface area contributed by atoms with Crippen molar-refractivity contribution < 1.29 is 9.15 Å². The molecular formula is C16H27NO2. The van der Waals surface area contributed by atoms with Crippen LogP contribution in [-0.4, -0.2) is 13.2 Å². The van der Waals surface area contributed by atoms with Gasteiger partial charge in [-0.1, -0.05) is 33.1 Å². The lowest BCUT2D eigenvalue weighted by atomic mass is 9.83. The molecule has 1 saturated carbocycles. The van der Waals surface area contributed by atoms with Crippen LogP contribution in [0.25, 0.3) is 0 Å². The van der Waals surface area contributed by atoms with Crippen LogP contribution in [-0.2, 0) is 17.9 Å². The third kappa shape index (κ3) is 5.37. The second-order valence-electron chi connectivity index (χ2n) is 6.08. The molecule has 0 unspecified atom stereocenters. The van der Waals surface area contributed by atoms with Crippen molar-refractivity contribution >= 4 is 0 Å². The Morgan fingerprint density at radius 3 is 2.95 bits per heavy atom. The van der Waals surface area contributed by atoms with E-state index in [-0.39, 0.29) is 0 Å². The molecule has 0 amide bonds. The minimum Gasteiger partial charge on any atom is -0.467 e. The van der Waals surface area contributed by atoms with E-state index in [4.69, 9.17) is 9.15 Å². The summed E-state index contributed by atoms with van der Waals surface area (Å²) < 4.78 is 11.2. The Labute approximate surface area is 116 Å². The number of nitrogens with one attached hydrogen (secondary N) is 1. The van der Waals surface area contributed by atoms with Crippen molar-refractivity contribution in [2.24, 2.45) is 11.8 Å². The van der Waals surface area contributed by atoms with Gasteiger partial charge in [-0.3, -0.25) is 0 Å². The summed E-state index contributed by atoms with van der Waals surface area (Å²) in [6, 6.07) is 2.09. The molecule has 0 bridgehead atoms. The van der Waals surface area contributed by atoms with Gasteiger partial charge >= 0.3 is 0 Å². The molecule has 0 aliphatic heterocycles.